The van der Waals surface area contributed by atoms with E-state index in [0.29, 0.717) is 12.1 Å². The minimum absolute atomic E-state index is 0. The van der Waals surface area contributed by atoms with Crippen LogP contribution in [0.25, 0.3) is 0 Å². The van der Waals surface area contributed by atoms with Crippen LogP contribution < -0.4 is 10.6 Å². The van der Waals surface area contributed by atoms with E-state index in [9.17, 15) is 0 Å². The van der Waals surface area contributed by atoms with E-state index in [1.807, 2.05) is 19.3 Å². The van der Waals surface area contributed by atoms with Gasteiger partial charge in [-0.2, -0.15) is 0 Å². The minimum atomic E-state index is 0. The summed E-state index contributed by atoms with van der Waals surface area (Å²) < 4.78 is 11.3. The Hall–Kier alpha value is -0.970. The number of pyridine rings is 1. The van der Waals surface area contributed by atoms with Crippen LogP contribution >= 0.6 is 24.0 Å². The van der Waals surface area contributed by atoms with Crippen molar-refractivity contribution in [1.29, 1.82) is 0 Å². The van der Waals surface area contributed by atoms with Crippen molar-refractivity contribution in [2.75, 3.05) is 46.5 Å². The molecule has 1 aromatic rings. The minimum Gasteiger partial charge on any atom is -0.381 e. The summed E-state index contributed by atoms with van der Waals surface area (Å²) in [6, 6.07) is 6.60. The van der Waals surface area contributed by atoms with Gasteiger partial charge in [-0.25, -0.2) is 0 Å². The van der Waals surface area contributed by atoms with Gasteiger partial charge in [0.2, 0.25) is 0 Å². The molecule has 2 saturated heterocycles. The lowest BCUT2D eigenvalue weighted by Crippen LogP contribution is -2.48. The van der Waals surface area contributed by atoms with Gasteiger partial charge in [-0.05, 0) is 44.2 Å². The fourth-order valence-electron chi connectivity index (χ4n) is 3.72. The lowest BCUT2D eigenvalue weighted by molar-refractivity contribution is -0.0320. The fourth-order valence-corrected chi connectivity index (χ4v) is 3.72. The molecule has 0 radical (unpaired) electrons. The van der Waals surface area contributed by atoms with Crippen LogP contribution in [-0.2, 0) is 16.0 Å². The van der Waals surface area contributed by atoms with Crippen molar-refractivity contribution in [2.24, 2.45) is 4.99 Å². The lowest BCUT2D eigenvalue weighted by Gasteiger charge is -2.32. The van der Waals surface area contributed by atoms with Crippen molar-refractivity contribution < 1.29 is 9.47 Å². The standard InChI is InChI=1S/C21H35N5O2.HI/c1-22-21(24-11-4-14-28-20-8-15-27-16-9-20)25-18-6-12-26(13-7-18)17-19-5-2-3-10-23-19;/h2-3,5,10,18,20H,4,6-9,11-17H2,1H3,(H2,22,24,25);1H. The molecule has 0 unspecified atom stereocenters. The summed E-state index contributed by atoms with van der Waals surface area (Å²) in [6.07, 6.45) is 7.53. The van der Waals surface area contributed by atoms with Gasteiger partial charge in [0.15, 0.2) is 5.96 Å². The second-order valence-electron chi connectivity index (χ2n) is 7.55. The maximum absolute atomic E-state index is 5.92. The van der Waals surface area contributed by atoms with Gasteiger partial charge in [0.25, 0.3) is 0 Å². The average Bonchev–Trinajstić information content (AvgIpc) is 2.75. The van der Waals surface area contributed by atoms with E-state index in [4.69, 9.17) is 9.47 Å². The highest BCUT2D eigenvalue weighted by atomic mass is 127. The quantitative estimate of drug-likeness (QED) is 0.239. The van der Waals surface area contributed by atoms with Crippen LogP contribution in [0.3, 0.4) is 0 Å². The predicted molar refractivity (Wildman–Crippen MR) is 127 cm³/mol. The third kappa shape index (κ3) is 9.15. The number of nitrogens with one attached hydrogen (secondary N) is 2. The third-order valence-electron chi connectivity index (χ3n) is 5.40. The molecule has 0 saturated carbocycles. The van der Waals surface area contributed by atoms with Crippen LogP contribution in [0, 0.1) is 0 Å². The topological polar surface area (TPSA) is 71.0 Å². The first-order chi connectivity index (χ1) is 13.8. The molecule has 2 aliphatic rings. The van der Waals surface area contributed by atoms with E-state index in [2.05, 4.69) is 37.6 Å². The molecular weight excluding hydrogens is 481 g/mol. The highest BCUT2D eigenvalue weighted by Gasteiger charge is 2.20. The van der Waals surface area contributed by atoms with Crippen molar-refractivity contribution >= 4 is 29.9 Å². The molecule has 7 nitrogen and oxygen atoms in total. The van der Waals surface area contributed by atoms with Crippen LogP contribution in [0.4, 0.5) is 0 Å². The van der Waals surface area contributed by atoms with Gasteiger partial charge < -0.3 is 20.1 Å². The van der Waals surface area contributed by atoms with E-state index in [1.54, 1.807) is 0 Å². The van der Waals surface area contributed by atoms with E-state index in [-0.39, 0.29) is 24.0 Å². The van der Waals surface area contributed by atoms with Crippen molar-refractivity contribution in [3.8, 4) is 0 Å². The Morgan fingerprint density at radius 1 is 1.24 bits per heavy atom. The maximum atomic E-state index is 5.92. The molecule has 3 rings (SSSR count). The van der Waals surface area contributed by atoms with E-state index < -0.39 is 0 Å². The Labute approximate surface area is 192 Å². The zero-order valence-corrected chi connectivity index (χ0v) is 19.8. The molecule has 0 amide bonds. The zero-order valence-electron chi connectivity index (χ0n) is 17.5. The largest absolute Gasteiger partial charge is 0.381 e. The summed E-state index contributed by atoms with van der Waals surface area (Å²) >= 11 is 0. The predicted octanol–water partition coefficient (Wildman–Crippen LogP) is 2.41. The Morgan fingerprint density at radius 2 is 2.03 bits per heavy atom. The number of ether oxygens (including phenoxy) is 2. The fraction of sp³-hybridized carbons (Fsp3) is 0.714. The van der Waals surface area contributed by atoms with Gasteiger partial charge >= 0.3 is 0 Å². The number of rotatable bonds is 8. The van der Waals surface area contributed by atoms with Gasteiger partial charge in [0.05, 0.1) is 11.8 Å². The summed E-state index contributed by atoms with van der Waals surface area (Å²) in [5, 5.41) is 6.99. The summed E-state index contributed by atoms with van der Waals surface area (Å²) in [7, 11) is 1.84. The van der Waals surface area contributed by atoms with Gasteiger partial charge in [0, 0.05) is 65.3 Å². The van der Waals surface area contributed by atoms with Crippen molar-refractivity contribution in [3.05, 3.63) is 30.1 Å². The highest BCUT2D eigenvalue weighted by molar-refractivity contribution is 14.0. The van der Waals surface area contributed by atoms with E-state index >= 15 is 0 Å². The molecule has 2 N–H and O–H groups in total. The first-order valence-electron chi connectivity index (χ1n) is 10.6. The first kappa shape index (κ1) is 24.3. The molecule has 29 heavy (non-hydrogen) atoms. The van der Waals surface area contributed by atoms with Crippen LogP contribution in [0.15, 0.2) is 29.4 Å². The number of nitrogens with zero attached hydrogens (tertiary/aromatic N) is 3. The van der Waals surface area contributed by atoms with Gasteiger partial charge in [-0.15, -0.1) is 24.0 Å². The lowest BCUT2D eigenvalue weighted by atomic mass is 10.0. The van der Waals surface area contributed by atoms with Gasteiger partial charge in [-0.1, -0.05) is 6.07 Å². The van der Waals surface area contributed by atoms with Crippen molar-refractivity contribution in [1.82, 2.24) is 20.5 Å². The number of hydrogen-bond acceptors (Lipinski definition) is 5. The molecular formula is C21H36IN5O2. The number of likely N-dealkylation sites (tertiary alicyclic amines) is 1. The smallest absolute Gasteiger partial charge is 0.191 e. The molecule has 0 atom stereocenters. The molecule has 8 heteroatoms. The second kappa shape index (κ2) is 14.1. The van der Waals surface area contributed by atoms with Crippen molar-refractivity contribution in [3.63, 3.8) is 0 Å². The number of hydrogen-bond donors (Lipinski definition) is 2. The Bertz CT molecular complexity index is 576. The average molecular weight is 517 g/mol. The monoisotopic (exact) mass is 517 g/mol. The molecule has 2 fully saturated rings. The molecule has 0 aliphatic carbocycles. The van der Waals surface area contributed by atoms with Crippen LogP contribution in [0.2, 0.25) is 0 Å². The molecule has 2 aliphatic heterocycles. The Balaban J connectivity index is 0.00000300. The second-order valence-corrected chi connectivity index (χ2v) is 7.55. The number of guanidine groups is 1. The number of aliphatic imine (C=N–C) groups is 1. The molecule has 164 valence electrons. The maximum Gasteiger partial charge on any atom is 0.191 e. The molecule has 0 spiro atoms. The number of halogens is 1. The van der Waals surface area contributed by atoms with Crippen LogP contribution in [0.1, 0.15) is 37.8 Å². The third-order valence-corrected chi connectivity index (χ3v) is 5.40. The van der Waals surface area contributed by atoms with E-state index in [1.165, 1.54) is 0 Å². The Kier molecular flexibility index (Phi) is 11.8. The van der Waals surface area contributed by atoms with Crippen LogP contribution in [-0.4, -0.2) is 74.5 Å². The summed E-state index contributed by atoms with van der Waals surface area (Å²) in [5.41, 5.74) is 1.15. The normalized spacial score (nSPS) is 19.6. The van der Waals surface area contributed by atoms with Crippen LogP contribution in [0.5, 0.6) is 0 Å². The number of aromatic nitrogens is 1. The zero-order chi connectivity index (χ0) is 19.4. The number of piperidine rings is 1. The van der Waals surface area contributed by atoms with Gasteiger partial charge in [0.1, 0.15) is 0 Å². The summed E-state index contributed by atoms with van der Waals surface area (Å²) in [6.45, 7) is 6.45. The molecule has 3 heterocycles. The van der Waals surface area contributed by atoms with Gasteiger partial charge in [-0.3, -0.25) is 14.9 Å². The Morgan fingerprint density at radius 3 is 2.72 bits per heavy atom. The van der Waals surface area contributed by atoms with Crippen molar-refractivity contribution in [2.45, 2.75) is 50.8 Å². The summed E-state index contributed by atoms with van der Waals surface area (Å²) in [4.78, 5) is 11.3. The first-order valence-corrected chi connectivity index (χ1v) is 10.6. The molecule has 0 bridgehead atoms. The SMILES string of the molecule is CN=C(NCCCOC1CCOCC1)NC1CCN(Cc2ccccn2)CC1.I. The van der Waals surface area contributed by atoms with E-state index in [0.717, 1.165) is 89.8 Å². The highest BCUT2D eigenvalue weighted by Crippen LogP contribution is 2.13. The molecule has 1 aromatic heterocycles. The summed E-state index contributed by atoms with van der Waals surface area (Å²) in [5.74, 6) is 0.897. The molecule has 0 aromatic carbocycles.